The molecule has 0 radical (unpaired) electrons. The molecule has 1 saturated carbocycles. The van der Waals surface area contributed by atoms with Crippen molar-refractivity contribution in [1.29, 1.82) is 0 Å². The standard InChI is InChI=1S/C17H26N4O2/c22-16-13(5-3-9-18-16)11-19-17(23)20-14-6-4-10-21(12-14)15-7-1-2-8-15/h3,5,9,14-15H,1-2,4,6-8,10-12H2,(H,18,22)(H2,19,20,23)/t14-/m0/s1. The first-order valence-electron chi connectivity index (χ1n) is 8.67. The highest BCUT2D eigenvalue weighted by atomic mass is 16.2. The zero-order chi connectivity index (χ0) is 16.1. The van der Waals surface area contributed by atoms with Crippen LogP contribution in [-0.4, -0.2) is 41.1 Å². The van der Waals surface area contributed by atoms with Crippen molar-refractivity contribution in [3.8, 4) is 0 Å². The number of hydrogen-bond donors (Lipinski definition) is 3. The molecule has 2 fully saturated rings. The van der Waals surface area contributed by atoms with Crippen LogP contribution in [0.1, 0.15) is 44.1 Å². The molecule has 1 saturated heterocycles. The first kappa shape index (κ1) is 16.1. The van der Waals surface area contributed by atoms with Crippen LogP contribution in [0.4, 0.5) is 4.79 Å². The van der Waals surface area contributed by atoms with E-state index in [2.05, 4.69) is 20.5 Å². The molecule has 3 N–H and O–H groups in total. The summed E-state index contributed by atoms with van der Waals surface area (Å²) >= 11 is 0. The van der Waals surface area contributed by atoms with Crippen LogP contribution < -0.4 is 16.2 Å². The van der Waals surface area contributed by atoms with Crippen LogP contribution in [0.5, 0.6) is 0 Å². The molecule has 2 heterocycles. The van der Waals surface area contributed by atoms with Gasteiger partial charge in [-0.25, -0.2) is 4.79 Å². The molecule has 1 aromatic heterocycles. The van der Waals surface area contributed by atoms with Crippen LogP contribution in [0.25, 0.3) is 0 Å². The third kappa shape index (κ3) is 4.34. The fourth-order valence-corrected chi connectivity index (χ4v) is 3.73. The number of urea groups is 1. The molecule has 2 aliphatic rings. The van der Waals surface area contributed by atoms with Crippen LogP contribution in [0.15, 0.2) is 23.1 Å². The van der Waals surface area contributed by atoms with Crippen molar-refractivity contribution in [3.63, 3.8) is 0 Å². The van der Waals surface area contributed by atoms with Crippen molar-refractivity contribution in [2.75, 3.05) is 13.1 Å². The minimum atomic E-state index is -0.188. The predicted molar refractivity (Wildman–Crippen MR) is 89.3 cm³/mol. The van der Waals surface area contributed by atoms with Crippen molar-refractivity contribution < 1.29 is 4.79 Å². The average Bonchev–Trinajstić information content (AvgIpc) is 3.09. The zero-order valence-corrected chi connectivity index (χ0v) is 13.5. The quantitative estimate of drug-likeness (QED) is 0.789. The minimum Gasteiger partial charge on any atom is -0.334 e. The van der Waals surface area contributed by atoms with E-state index >= 15 is 0 Å². The maximum Gasteiger partial charge on any atom is 0.315 e. The van der Waals surface area contributed by atoms with E-state index in [0.717, 1.165) is 25.9 Å². The van der Waals surface area contributed by atoms with Crippen LogP contribution in [0, 0.1) is 0 Å². The minimum absolute atomic E-state index is 0.155. The number of H-pyrrole nitrogens is 1. The maximum atomic E-state index is 12.1. The van der Waals surface area contributed by atoms with Crippen molar-refractivity contribution in [1.82, 2.24) is 20.5 Å². The highest BCUT2D eigenvalue weighted by molar-refractivity contribution is 5.74. The molecule has 0 bridgehead atoms. The highest BCUT2D eigenvalue weighted by Crippen LogP contribution is 2.26. The van der Waals surface area contributed by atoms with Crippen LogP contribution >= 0.6 is 0 Å². The summed E-state index contributed by atoms with van der Waals surface area (Å²) in [7, 11) is 0. The molecule has 2 amide bonds. The van der Waals surface area contributed by atoms with Gasteiger partial charge in [-0.1, -0.05) is 18.9 Å². The van der Waals surface area contributed by atoms with Gasteiger partial charge in [0, 0.05) is 36.9 Å². The summed E-state index contributed by atoms with van der Waals surface area (Å²) in [5, 5.41) is 5.84. The van der Waals surface area contributed by atoms with Crippen LogP contribution in [-0.2, 0) is 6.54 Å². The summed E-state index contributed by atoms with van der Waals surface area (Å²) in [5.74, 6) is 0. The van der Waals surface area contributed by atoms with E-state index in [1.54, 1.807) is 18.3 Å². The molecule has 0 aromatic carbocycles. The van der Waals surface area contributed by atoms with E-state index in [0.29, 0.717) is 11.6 Å². The van der Waals surface area contributed by atoms with E-state index in [4.69, 9.17) is 0 Å². The summed E-state index contributed by atoms with van der Waals surface area (Å²) in [6.07, 6.45) is 9.04. The number of carbonyl (C=O) groups excluding carboxylic acids is 1. The number of aromatic nitrogens is 1. The molecule has 6 nitrogen and oxygen atoms in total. The fourth-order valence-electron chi connectivity index (χ4n) is 3.73. The summed E-state index contributed by atoms with van der Waals surface area (Å²) in [6, 6.07) is 4.22. The number of amides is 2. The lowest BCUT2D eigenvalue weighted by Gasteiger charge is -2.37. The number of hydrogen-bond acceptors (Lipinski definition) is 3. The molecule has 1 atom stereocenters. The van der Waals surface area contributed by atoms with Crippen LogP contribution in [0.2, 0.25) is 0 Å². The number of carbonyl (C=O) groups is 1. The molecule has 1 aliphatic carbocycles. The normalized spacial score (nSPS) is 22.9. The Morgan fingerprint density at radius 3 is 2.87 bits per heavy atom. The van der Waals surface area contributed by atoms with Gasteiger partial charge in [-0.2, -0.15) is 0 Å². The number of piperidine rings is 1. The molecule has 3 rings (SSSR count). The monoisotopic (exact) mass is 318 g/mol. The molecule has 0 unspecified atom stereocenters. The molecule has 23 heavy (non-hydrogen) atoms. The van der Waals surface area contributed by atoms with E-state index in [-0.39, 0.29) is 24.2 Å². The Bertz CT molecular complexity index is 580. The second kappa shape index (κ2) is 7.64. The molecular weight excluding hydrogens is 292 g/mol. The van der Waals surface area contributed by atoms with Crippen molar-refractivity contribution in [2.24, 2.45) is 0 Å². The Morgan fingerprint density at radius 2 is 2.09 bits per heavy atom. The lowest BCUT2D eigenvalue weighted by atomic mass is 10.0. The van der Waals surface area contributed by atoms with Gasteiger partial charge < -0.3 is 15.6 Å². The Hall–Kier alpha value is -1.82. The third-order valence-electron chi connectivity index (χ3n) is 4.97. The van der Waals surface area contributed by atoms with Gasteiger partial charge in [0.2, 0.25) is 0 Å². The summed E-state index contributed by atoms with van der Waals surface area (Å²) in [5.41, 5.74) is 0.414. The largest absolute Gasteiger partial charge is 0.334 e. The summed E-state index contributed by atoms with van der Waals surface area (Å²) in [4.78, 5) is 28.8. The SMILES string of the molecule is O=C(NCc1ccc[nH]c1=O)N[C@H]1CCCN(C2CCCC2)C1. The van der Waals surface area contributed by atoms with Gasteiger partial charge in [-0.05, 0) is 38.3 Å². The van der Waals surface area contributed by atoms with Crippen LogP contribution in [0.3, 0.4) is 0 Å². The molecule has 6 heteroatoms. The van der Waals surface area contributed by atoms with Crippen molar-refractivity contribution >= 4 is 6.03 Å². The van der Waals surface area contributed by atoms with Gasteiger partial charge >= 0.3 is 6.03 Å². The second-order valence-electron chi connectivity index (χ2n) is 6.62. The number of pyridine rings is 1. The Kier molecular flexibility index (Phi) is 5.33. The summed E-state index contributed by atoms with van der Waals surface area (Å²) in [6.45, 7) is 2.36. The second-order valence-corrected chi connectivity index (χ2v) is 6.62. The molecule has 0 spiro atoms. The van der Waals surface area contributed by atoms with Crippen molar-refractivity contribution in [3.05, 3.63) is 34.2 Å². The molecule has 1 aromatic rings. The topological polar surface area (TPSA) is 77.2 Å². The Labute approximate surface area is 136 Å². The molecule has 126 valence electrons. The summed E-state index contributed by atoms with van der Waals surface area (Å²) < 4.78 is 0. The number of likely N-dealkylation sites (tertiary alicyclic amines) is 1. The van der Waals surface area contributed by atoms with E-state index in [1.807, 2.05) is 0 Å². The Morgan fingerprint density at radius 1 is 1.26 bits per heavy atom. The first-order valence-corrected chi connectivity index (χ1v) is 8.67. The van der Waals surface area contributed by atoms with Gasteiger partial charge in [-0.3, -0.25) is 9.69 Å². The van der Waals surface area contributed by atoms with Gasteiger partial charge in [0.1, 0.15) is 0 Å². The number of nitrogens with one attached hydrogen (secondary N) is 3. The van der Waals surface area contributed by atoms with Gasteiger partial charge in [0.15, 0.2) is 0 Å². The Balaban J connectivity index is 1.45. The number of aromatic amines is 1. The average molecular weight is 318 g/mol. The smallest absolute Gasteiger partial charge is 0.315 e. The molecular formula is C17H26N4O2. The van der Waals surface area contributed by atoms with E-state index < -0.39 is 0 Å². The maximum absolute atomic E-state index is 12.1. The third-order valence-corrected chi connectivity index (χ3v) is 4.97. The lowest BCUT2D eigenvalue weighted by Crippen LogP contribution is -2.52. The van der Waals surface area contributed by atoms with Gasteiger partial charge in [-0.15, -0.1) is 0 Å². The lowest BCUT2D eigenvalue weighted by molar-refractivity contribution is 0.139. The first-order chi connectivity index (χ1) is 11.2. The van der Waals surface area contributed by atoms with Crippen molar-refractivity contribution in [2.45, 2.75) is 57.2 Å². The van der Waals surface area contributed by atoms with E-state index in [1.165, 1.54) is 25.7 Å². The van der Waals surface area contributed by atoms with E-state index in [9.17, 15) is 9.59 Å². The highest BCUT2D eigenvalue weighted by Gasteiger charge is 2.28. The van der Waals surface area contributed by atoms with Gasteiger partial charge in [0.05, 0.1) is 0 Å². The molecule has 1 aliphatic heterocycles. The number of rotatable bonds is 4. The predicted octanol–water partition coefficient (Wildman–Crippen LogP) is 1.58. The van der Waals surface area contributed by atoms with Gasteiger partial charge in [0.25, 0.3) is 5.56 Å². The number of nitrogens with zero attached hydrogens (tertiary/aromatic N) is 1. The zero-order valence-electron chi connectivity index (χ0n) is 13.5. The fraction of sp³-hybridized carbons (Fsp3) is 0.647.